The van der Waals surface area contributed by atoms with Crippen LogP contribution in [0.25, 0.3) is 0 Å². The van der Waals surface area contributed by atoms with Gasteiger partial charge in [0.05, 0.1) is 24.6 Å². The number of nitrogens with one attached hydrogen (secondary N) is 3. The number of nitrogens with zero attached hydrogens (tertiary/aromatic N) is 1. The van der Waals surface area contributed by atoms with Crippen LogP contribution in [-0.4, -0.2) is 38.2 Å². The van der Waals surface area contributed by atoms with Gasteiger partial charge in [-0.05, 0) is 49.7 Å². The van der Waals surface area contributed by atoms with Crippen LogP contribution >= 0.6 is 0 Å². The minimum atomic E-state index is -0.365. The lowest BCUT2D eigenvalue weighted by Gasteiger charge is -2.30. The second-order valence-corrected chi connectivity index (χ2v) is 8.44. The number of rotatable bonds is 6. The lowest BCUT2D eigenvalue weighted by atomic mass is 10.1. The van der Waals surface area contributed by atoms with Crippen LogP contribution in [0.15, 0.2) is 66.7 Å². The van der Waals surface area contributed by atoms with Crippen LogP contribution in [0.2, 0.25) is 0 Å². The molecule has 4 rings (SSSR count). The van der Waals surface area contributed by atoms with Gasteiger partial charge in [0.25, 0.3) is 5.91 Å². The molecule has 3 amide bonds. The molecule has 0 radical (unpaired) electrons. The lowest BCUT2D eigenvalue weighted by Crippen LogP contribution is -2.37. The van der Waals surface area contributed by atoms with Crippen LogP contribution in [0, 0.1) is 13.8 Å². The summed E-state index contributed by atoms with van der Waals surface area (Å²) in [5, 5.41) is 8.75. The Kier molecular flexibility index (Phi) is 7.44. The van der Waals surface area contributed by atoms with Crippen molar-refractivity contribution in [2.24, 2.45) is 0 Å². The highest BCUT2D eigenvalue weighted by molar-refractivity contribution is 6.04. The monoisotopic (exact) mass is 458 g/mol. The third-order valence-corrected chi connectivity index (χ3v) is 5.74. The summed E-state index contributed by atoms with van der Waals surface area (Å²) in [4.78, 5) is 27.8. The van der Waals surface area contributed by atoms with Crippen LogP contribution in [-0.2, 0) is 11.3 Å². The van der Waals surface area contributed by atoms with Gasteiger partial charge in [0.15, 0.2) is 0 Å². The molecule has 7 heteroatoms. The number of carbonyl (C=O) groups excluding carboxylic acids is 2. The Morgan fingerprint density at radius 3 is 2.18 bits per heavy atom. The van der Waals surface area contributed by atoms with Crippen molar-refractivity contribution in [1.82, 2.24) is 5.32 Å². The fourth-order valence-electron chi connectivity index (χ4n) is 3.77. The van der Waals surface area contributed by atoms with Crippen molar-refractivity contribution in [3.63, 3.8) is 0 Å². The fraction of sp³-hybridized carbons (Fsp3) is 0.259. The molecule has 0 aromatic heterocycles. The SMILES string of the molecule is Cc1ccc(CNC(=O)c2ccc(N3CCOCC3)c(NC(=O)Nc3ccc(C)cc3)c2)cc1. The van der Waals surface area contributed by atoms with Crippen molar-refractivity contribution in [2.45, 2.75) is 20.4 Å². The molecule has 1 aliphatic rings. The maximum absolute atomic E-state index is 12.9. The Labute approximate surface area is 200 Å². The molecule has 1 aliphatic heterocycles. The Bertz CT molecular complexity index is 1140. The van der Waals surface area contributed by atoms with Crippen molar-refractivity contribution in [3.8, 4) is 0 Å². The Morgan fingerprint density at radius 1 is 0.853 bits per heavy atom. The molecule has 3 N–H and O–H groups in total. The van der Waals surface area contributed by atoms with E-state index in [0.717, 1.165) is 16.8 Å². The Morgan fingerprint density at radius 2 is 1.50 bits per heavy atom. The third kappa shape index (κ3) is 6.14. The number of carbonyl (C=O) groups is 2. The molecule has 1 saturated heterocycles. The van der Waals surface area contributed by atoms with Gasteiger partial charge in [0.2, 0.25) is 0 Å². The van der Waals surface area contributed by atoms with Crippen molar-refractivity contribution in [1.29, 1.82) is 0 Å². The topological polar surface area (TPSA) is 82.7 Å². The Hall–Kier alpha value is -3.84. The Balaban J connectivity index is 1.50. The van der Waals surface area contributed by atoms with E-state index in [9.17, 15) is 9.59 Å². The molecular formula is C27H30N4O3. The molecule has 34 heavy (non-hydrogen) atoms. The normalized spacial score (nSPS) is 13.3. The summed E-state index contributed by atoms with van der Waals surface area (Å²) in [6.45, 7) is 7.12. The predicted molar refractivity (Wildman–Crippen MR) is 136 cm³/mol. The van der Waals surface area contributed by atoms with E-state index in [0.29, 0.717) is 49.8 Å². The van der Waals surface area contributed by atoms with Gasteiger partial charge in [-0.25, -0.2) is 4.79 Å². The number of hydrogen-bond acceptors (Lipinski definition) is 4. The van der Waals surface area contributed by atoms with Gasteiger partial charge in [-0.3, -0.25) is 4.79 Å². The number of morpholine rings is 1. The van der Waals surface area contributed by atoms with E-state index in [2.05, 4.69) is 20.9 Å². The summed E-state index contributed by atoms with van der Waals surface area (Å²) < 4.78 is 5.47. The molecule has 0 bridgehead atoms. The molecule has 1 fully saturated rings. The minimum absolute atomic E-state index is 0.198. The van der Waals surface area contributed by atoms with Gasteiger partial charge < -0.3 is 25.6 Å². The van der Waals surface area contributed by atoms with E-state index in [4.69, 9.17) is 4.74 Å². The number of anilines is 3. The van der Waals surface area contributed by atoms with Gasteiger partial charge >= 0.3 is 6.03 Å². The molecule has 0 aliphatic carbocycles. The zero-order valence-electron chi connectivity index (χ0n) is 19.6. The summed E-state index contributed by atoms with van der Waals surface area (Å²) in [6, 6.07) is 20.7. The lowest BCUT2D eigenvalue weighted by molar-refractivity contribution is 0.0951. The first-order valence-electron chi connectivity index (χ1n) is 11.4. The van der Waals surface area contributed by atoms with E-state index in [1.54, 1.807) is 12.1 Å². The highest BCUT2D eigenvalue weighted by Gasteiger charge is 2.18. The summed E-state index contributed by atoms with van der Waals surface area (Å²) in [6.07, 6.45) is 0. The fourth-order valence-corrected chi connectivity index (χ4v) is 3.77. The average molecular weight is 459 g/mol. The van der Waals surface area contributed by atoms with Gasteiger partial charge in [0.1, 0.15) is 0 Å². The quantitative estimate of drug-likeness (QED) is 0.499. The molecule has 3 aromatic carbocycles. The maximum Gasteiger partial charge on any atom is 0.323 e. The molecule has 0 saturated carbocycles. The van der Waals surface area contributed by atoms with E-state index in [1.807, 2.05) is 68.4 Å². The smallest absolute Gasteiger partial charge is 0.323 e. The number of aryl methyl sites for hydroxylation is 2. The van der Waals surface area contributed by atoms with Gasteiger partial charge in [0, 0.05) is 30.9 Å². The summed E-state index contributed by atoms with van der Waals surface area (Å²) in [5.41, 5.74) is 5.93. The second-order valence-electron chi connectivity index (χ2n) is 8.44. The number of benzene rings is 3. The van der Waals surface area contributed by atoms with E-state index >= 15 is 0 Å². The van der Waals surface area contributed by atoms with Crippen molar-refractivity contribution < 1.29 is 14.3 Å². The van der Waals surface area contributed by atoms with Crippen molar-refractivity contribution in [2.75, 3.05) is 41.8 Å². The standard InChI is InChI=1S/C27H30N4O3/c1-19-3-7-21(8-4-19)18-28-26(32)22-9-12-25(31-13-15-34-16-14-31)24(17-22)30-27(33)29-23-10-5-20(2)6-11-23/h3-12,17H,13-16,18H2,1-2H3,(H,28,32)(H2,29,30,33). The van der Waals surface area contributed by atoms with E-state index in [-0.39, 0.29) is 11.9 Å². The average Bonchev–Trinajstić information content (AvgIpc) is 2.85. The zero-order chi connectivity index (χ0) is 23.9. The highest BCUT2D eigenvalue weighted by atomic mass is 16.5. The molecule has 0 spiro atoms. The third-order valence-electron chi connectivity index (χ3n) is 5.74. The zero-order valence-corrected chi connectivity index (χ0v) is 19.6. The number of amides is 3. The van der Waals surface area contributed by atoms with Crippen LogP contribution in [0.5, 0.6) is 0 Å². The van der Waals surface area contributed by atoms with E-state index < -0.39 is 0 Å². The molecule has 1 heterocycles. The predicted octanol–water partition coefficient (Wildman–Crippen LogP) is 4.71. The van der Waals surface area contributed by atoms with Crippen molar-refractivity contribution >= 4 is 29.0 Å². The number of urea groups is 1. The molecule has 0 atom stereocenters. The molecule has 3 aromatic rings. The van der Waals surface area contributed by atoms with Crippen LogP contribution in [0.3, 0.4) is 0 Å². The van der Waals surface area contributed by atoms with E-state index in [1.165, 1.54) is 5.56 Å². The molecule has 7 nitrogen and oxygen atoms in total. The first-order chi connectivity index (χ1) is 16.5. The minimum Gasteiger partial charge on any atom is -0.378 e. The van der Waals surface area contributed by atoms with Gasteiger partial charge in [-0.15, -0.1) is 0 Å². The highest BCUT2D eigenvalue weighted by Crippen LogP contribution is 2.28. The largest absolute Gasteiger partial charge is 0.378 e. The number of hydrogen-bond donors (Lipinski definition) is 3. The second kappa shape index (κ2) is 10.9. The van der Waals surface area contributed by atoms with Crippen molar-refractivity contribution in [3.05, 3.63) is 89.0 Å². The van der Waals surface area contributed by atoms with Gasteiger partial charge in [-0.2, -0.15) is 0 Å². The molecule has 0 unspecified atom stereocenters. The molecular weight excluding hydrogens is 428 g/mol. The summed E-state index contributed by atoms with van der Waals surface area (Å²) in [5.74, 6) is -0.198. The molecule has 176 valence electrons. The maximum atomic E-state index is 12.9. The number of ether oxygens (including phenoxy) is 1. The van der Waals surface area contributed by atoms with Crippen LogP contribution in [0.1, 0.15) is 27.0 Å². The summed E-state index contributed by atoms with van der Waals surface area (Å²) >= 11 is 0. The first-order valence-corrected chi connectivity index (χ1v) is 11.4. The van der Waals surface area contributed by atoms with Gasteiger partial charge in [-0.1, -0.05) is 47.5 Å². The first kappa shape index (κ1) is 23.3. The summed E-state index contributed by atoms with van der Waals surface area (Å²) in [7, 11) is 0. The van der Waals surface area contributed by atoms with Crippen LogP contribution < -0.4 is 20.9 Å². The van der Waals surface area contributed by atoms with Crippen LogP contribution in [0.4, 0.5) is 21.9 Å².